The number of carbonyl (C=O) groups is 1. The molecular weight excluding hydrogens is 162 g/mol. The predicted molar refractivity (Wildman–Crippen MR) is 55.2 cm³/mol. The van der Waals surface area contributed by atoms with Crippen LogP contribution in [-0.4, -0.2) is 24.4 Å². The van der Waals surface area contributed by atoms with Crippen molar-refractivity contribution < 1.29 is 4.79 Å². The normalized spacial score (nSPS) is 9.31. The van der Waals surface area contributed by atoms with Crippen LogP contribution >= 0.6 is 0 Å². The second-order valence-electron chi connectivity index (χ2n) is 3.23. The molecule has 0 atom stereocenters. The maximum absolute atomic E-state index is 11.4. The van der Waals surface area contributed by atoms with Crippen molar-refractivity contribution in [3.8, 4) is 12.3 Å². The molecule has 0 aromatic carbocycles. The SMILES string of the molecule is C#CCCCC(=O)N(C)CCCC. The molecule has 0 heterocycles. The molecule has 0 saturated carbocycles. The first-order valence-electron chi connectivity index (χ1n) is 4.89. The van der Waals surface area contributed by atoms with Crippen molar-refractivity contribution in [1.82, 2.24) is 4.90 Å². The van der Waals surface area contributed by atoms with E-state index in [0.717, 1.165) is 25.8 Å². The van der Waals surface area contributed by atoms with E-state index in [4.69, 9.17) is 6.42 Å². The Morgan fingerprint density at radius 3 is 2.69 bits per heavy atom. The molecule has 0 N–H and O–H groups in total. The van der Waals surface area contributed by atoms with Gasteiger partial charge in [-0.3, -0.25) is 4.79 Å². The predicted octanol–water partition coefficient (Wildman–Crippen LogP) is 2.05. The lowest BCUT2D eigenvalue weighted by atomic mass is 10.2. The van der Waals surface area contributed by atoms with Gasteiger partial charge in [0.1, 0.15) is 0 Å². The Morgan fingerprint density at radius 2 is 2.15 bits per heavy atom. The van der Waals surface area contributed by atoms with Gasteiger partial charge in [-0.05, 0) is 12.8 Å². The van der Waals surface area contributed by atoms with Crippen LogP contribution in [0.1, 0.15) is 39.0 Å². The lowest BCUT2D eigenvalue weighted by molar-refractivity contribution is -0.130. The van der Waals surface area contributed by atoms with Crippen molar-refractivity contribution in [2.75, 3.05) is 13.6 Å². The summed E-state index contributed by atoms with van der Waals surface area (Å²) in [7, 11) is 1.86. The van der Waals surface area contributed by atoms with Crippen LogP contribution in [0, 0.1) is 12.3 Å². The van der Waals surface area contributed by atoms with Gasteiger partial charge >= 0.3 is 0 Å². The number of rotatable bonds is 6. The maximum atomic E-state index is 11.4. The molecule has 13 heavy (non-hydrogen) atoms. The minimum atomic E-state index is 0.212. The Hall–Kier alpha value is -0.970. The van der Waals surface area contributed by atoms with Gasteiger partial charge in [0.15, 0.2) is 0 Å². The Bertz CT molecular complexity index is 181. The zero-order valence-corrected chi connectivity index (χ0v) is 8.68. The molecule has 2 heteroatoms. The first kappa shape index (κ1) is 12.0. The summed E-state index contributed by atoms with van der Waals surface area (Å²) in [4.78, 5) is 13.2. The standard InChI is InChI=1S/C11H19NO/c1-4-6-8-9-11(13)12(3)10-7-5-2/h1H,5-10H2,2-3H3. The number of hydrogen-bond acceptors (Lipinski definition) is 1. The molecule has 0 aliphatic heterocycles. The van der Waals surface area contributed by atoms with Crippen molar-refractivity contribution in [3.63, 3.8) is 0 Å². The van der Waals surface area contributed by atoms with Gasteiger partial charge in [-0.1, -0.05) is 13.3 Å². The summed E-state index contributed by atoms with van der Waals surface area (Å²) in [6.45, 7) is 2.99. The summed E-state index contributed by atoms with van der Waals surface area (Å²) in [5.74, 6) is 2.75. The fourth-order valence-corrected chi connectivity index (χ4v) is 1.05. The fourth-order valence-electron chi connectivity index (χ4n) is 1.05. The van der Waals surface area contributed by atoms with Gasteiger partial charge in [-0.2, -0.15) is 0 Å². The molecule has 74 valence electrons. The first-order valence-corrected chi connectivity index (χ1v) is 4.89. The van der Waals surface area contributed by atoms with E-state index in [9.17, 15) is 4.79 Å². The molecule has 0 aliphatic rings. The fraction of sp³-hybridized carbons (Fsp3) is 0.727. The van der Waals surface area contributed by atoms with Gasteiger partial charge in [-0.25, -0.2) is 0 Å². The van der Waals surface area contributed by atoms with Gasteiger partial charge in [-0.15, -0.1) is 12.3 Å². The van der Waals surface area contributed by atoms with Crippen molar-refractivity contribution >= 4 is 5.91 Å². The van der Waals surface area contributed by atoms with E-state index in [1.54, 1.807) is 4.90 Å². The number of carbonyl (C=O) groups excluding carboxylic acids is 1. The van der Waals surface area contributed by atoms with E-state index in [1.807, 2.05) is 7.05 Å². The number of unbranched alkanes of at least 4 members (excludes halogenated alkanes) is 2. The summed E-state index contributed by atoms with van der Waals surface area (Å²) in [6, 6.07) is 0. The molecule has 0 aromatic rings. The van der Waals surface area contributed by atoms with Gasteiger partial charge in [0.25, 0.3) is 0 Å². The van der Waals surface area contributed by atoms with E-state index in [0.29, 0.717) is 12.8 Å². The van der Waals surface area contributed by atoms with E-state index < -0.39 is 0 Å². The van der Waals surface area contributed by atoms with Crippen molar-refractivity contribution in [1.29, 1.82) is 0 Å². The van der Waals surface area contributed by atoms with Crippen LogP contribution in [0.25, 0.3) is 0 Å². The summed E-state index contributed by atoms with van der Waals surface area (Å²) >= 11 is 0. The molecule has 0 aliphatic carbocycles. The Morgan fingerprint density at radius 1 is 1.46 bits per heavy atom. The van der Waals surface area contributed by atoms with Crippen LogP contribution in [0.2, 0.25) is 0 Å². The van der Waals surface area contributed by atoms with Crippen molar-refractivity contribution in [2.24, 2.45) is 0 Å². The highest BCUT2D eigenvalue weighted by Crippen LogP contribution is 2.00. The average Bonchev–Trinajstić information content (AvgIpc) is 2.14. The number of amides is 1. The van der Waals surface area contributed by atoms with Crippen LogP contribution in [-0.2, 0) is 4.79 Å². The van der Waals surface area contributed by atoms with Crippen LogP contribution < -0.4 is 0 Å². The first-order chi connectivity index (χ1) is 6.22. The van der Waals surface area contributed by atoms with Crippen LogP contribution in [0.4, 0.5) is 0 Å². The average molecular weight is 181 g/mol. The number of hydrogen-bond donors (Lipinski definition) is 0. The van der Waals surface area contributed by atoms with Gasteiger partial charge in [0.2, 0.25) is 5.91 Å². The molecule has 2 nitrogen and oxygen atoms in total. The van der Waals surface area contributed by atoms with Crippen LogP contribution in [0.3, 0.4) is 0 Å². The highest BCUT2D eigenvalue weighted by Gasteiger charge is 2.06. The van der Waals surface area contributed by atoms with E-state index >= 15 is 0 Å². The molecule has 0 fully saturated rings. The molecule has 0 unspecified atom stereocenters. The summed E-state index contributed by atoms with van der Waals surface area (Å²) in [6.07, 6.45) is 9.40. The Kier molecular flexibility index (Phi) is 7.10. The molecular formula is C11H19NO. The molecule has 0 aromatic heterocycles. The third kappa shape index (κ3) is 6.21. The molecule has 0 bridgehead atoms. The zero-order valence-electron chi connectivity index (χ0n) is 8.68. The third-order valence-electron chi connectivity index (χ3n) is 1.98. The highest BCUT2D eigenvalue weighted by molar-refractivity contribution is 5.75. The second-order valence-corrected chi connectivity index (χ2v) is 3.23. The molecule has 1 amide bonds. The molecule has 0 saturated heterocycles. The van der Waals surface area contributed by atoms with Gasteiger partial charge < -0.3 is 4.90 Å². The lowest BCUT2D eigenvalue weighted by Gasteiger charge is -2.16. The minimum Gasteiger partial charge on any atom is -0.346 e. The molecule has 0 radical (unpaired) electrons. The topological polar surface area (TPSA) is 20.3 Å². The minimum absolute atomic E-state index is 0.212. The third-order valence-corrected chi connectivity index (χ3v) is 1.98. The number of nitrogens with zero attached hydrogens (tertiary/aromatic N) is 1. The van der Waals surface area contributed by atoms with E-state index in [1.165, 1.54) is 0 Å². The van der Waals surface area contributed by atoms with Crippen molar-refractivity contribution in [2.45, 2.75) is 39.0 Å². The largest absolute Gasteiger partial charge is 0.346 e. The Balaban J connectivity index is 3.52. The van der Waals surface area contributed by atoms with Gasteiger partial charge in [0.05, 0.1) is 0 Å². The molecule has 0 rings (SSSR count). The molecule has 0 spiro atoms. The second kappa shape index (κ2) is 7.67. The monoisotopic (exact) mass is 181 g/mol. The Labute approximate surface area is 81.3 Å². The zero-order chi connectivity index (χ0) is 10.1. The van der Waals surface area contributed by atoms with E-state index in [-0.39, 0.29) is 5.91 Å². The van der Waals surface area contributed by atoms with Crippen molar-refractivity contribution in [3.05, 3.63) is 0 Å². The van der Waals surface area contributed by atoms with Crippen LogP contribution in [0.15, 0.2) is 0 Å². The van der Waals surface area contributed by atoms with E-state index in [2.05, 4.69) is 12.8 Å². The highest BCUT2D eigenvalue weighted by atomic mass is 16.2. The quantitative estimate of drug-likeness (QED) is 0.453. The summed E-state index contributed by atoms with van der Waals surface area (Å²) in [5, 5.41) is 0. The summed E-state index contributed by atoms with van der Waals surface area (Å²) < 4.78 is 0. The van der Waals surface area contributed by atoms with Gasteiger partial charge in [0, 0.05) is 26.4 Å². The smallest absolute Gasteiger partial charge is 0.222 e. The lowest BCUT2D eigenvalue weighted by Crippen LogP contribution is -2.27. The number of terminal acetylenes is 1. The maximum Gasteiger partial charge on any atom is 0.222 e. The summed E-state index contributed by atoms with van der Waals surface area (Å²) in [5.41, 5.74) is 0. The van der Waals surface area contributed by atoms with Crippen LogP contribution in [0.5, 0.6) is 0 Å².